The molecule has 3 aliphatic heterocycles. The lowest BCUT2D eigenvalue weighted by Gasteiger charge is -2.51. The normalized spacial score (nSPS) is 30.6. The first-order valence-electron chi connectivity index (χ1n) is 8.91. The standard InChI is InChI=1S/C18H26N2O2S.ClH/c1-2-23(21,22)20-10-5-7-15-13-19-11-9-14-6-3-4-8-16(14)18(19)12-17(15)20;/h3-4,6,8,15,17-18H,2,5,7,9-13H2,1H3;1H/t15-,17+,18+;/m1./s1. The Hall–Kier alpha value is -0.620. The first-order chi connectivity index (χ1) is 11.1. The van der Waals surface area contributed by atoms with E-state index < -0.39 is 10.0 Å². The lowest BCUT2D eigenvalue weighted by Crippen LogP contribution is -2.57. The summed E-state index contributed by atoms with van der Waals surface area (Å²) in [5, 5.41) is 0. The summed E-state index contributed by atoms with van der Waals surface area (Å²) in [6.45, 7) is 4.65. The van der Waals surface area contributed by atoms with Crippen LogP contribution in [0.1, 0.15) is 43.4 Å². The second-order valence-electron chi connectivity index (χ2n) is 7.18. The van der Waals surface area contributed by atoms with Crippen molar-refractivity contribution in [2.75, 3.05) is 25.4 Å². The molecule has 6 heteroatoms. The zero-order chi connectivity index (χ0) is 16.0. The van der Waals surface area contributed by atoms with E-state index in [1.54, 1.807) is 6.92 Å². The van der Waals surface area contributed by atoms with E-state index in [0.717, 1.165) is 32.4 Å². The fourth-order valence-electron chi connectivity index (χ4n) is 4.86. The number of nitrogens with zero attached hydrogens (tertiary/aromatic N) is 2. The minimum absolute atomic E-state index is 0. The number of piperidine rings is 2. The molecule has 4 nitrogen and oxygen atoms in total. The predicted octanol–water partition coefficient (Wildman–Crippen LogP) is 2.84. The minimum Gasteiger partial charge on any atom is -0.296 e. The van der Waals surface area contributed by atoms with Gasteiger partial charge in [-0.2, -0.15) is 4.31 Å². The molecule has 1 aromatic rings. The highest BCUT2D eigenvalue weighted by Gasteiger charge is 2.45. The van der Waals surface area contributed by atoms with Gasteiger partial charge < -0.3 is 0 Å². The van der Waals surface area contributed by atoms with Crippen LogP contribution >= 0.6 is 12.4 Å². The molecule has 134 valence electrons. The van der Waals surface area contributed by atoms with Crippen LogP contribution in [0.15, 0.2) is 24.3 Å². The average molecular weight is 371 g/mol. The lowest BCUT2D eigenvalue weighted by atomic mass is 9.77. The Morgan fingerprint density at radius 3 is 2.79 bits per heavy atom. The number of benzene rings is 1. The van der Waals surface area contributed by atoms with Crippen molar-refractivity contribution in [3.63, 3.8) is 0 Å². The highest BCUT2D eigenvalue weighted by atomic mass is 35.5. The van der Waals surface area contributed by atoms with E-state index in [4.69, 9.17) is 0 Å². The molecule has 0 amide bonds. The van der Waals surface area contributed by atoms with E-state index in [2.05, 4.69) is 29.2 Å². The molecule has 3 aliphatic rings. The van der Waals surface area contributed by atoms with Gasteiger partial charge in [0.25, 0.3) is 0 Å². The van der Waals surface area contributed by atoms with Crippen LogP contribution in [0.2, 0.25) is 0 Å². The molecule has 3 atom stereocenters. The molecule has 0 unspecified atom stereocenters. The van der Waals surface area contributed by atoms with E-state index in [0.29, 0.717) is 18.5 Å². The molecular formula is C18H27ClN2O2S. The molecule has 2 fully saturated rings. The Balaban J connectivity index is 0.00000169. The van der Waals surface area contributed by atoms with Crippen molar-refractivity contribution in [1.29, 1.82) is 0 Å². The van der Waals surface area contributed by atoms with Crippen LogP contribution in [-0.2, 0) is 16.4 Å². The third-order valence-electron chi connectivity index (χ3n) is 6.05. The van der Waals surface area contributed by atoms with Crippen LogP contribution in [0.5, 0.6) is 0 Å². The summed E-state index contributed by atoms with van der Waals surface area (Å²) < 4.78 is 26.9. The Labute approximate surface area is 151 Å². The minimum atomic E-state index is -3.09. The zero-order valence-electron chi connectivity index (χ0n) is 14.2. The van der Waals surface area contributed by atoms with E-state index in [-0.39, 0.29) is 24.2 Å². The number of rotatable bonds is 2. The van der Waals surface area contributed by atoms with Gasteiger partial charge in [0.15, 0.2) is 0 Å². The van der Waals surface area contributed by atoms with Gasteiger partial charge in [0, 0.05) is 31.7 Å². The van der Waals surface area contributed by atoms with Gasteiger partial charge >= 0.3 is 0 Å². The largest absolute Gasteiger partial charge is 0.296 e. The number of hydrogen-bond donors (Lipinski definition) is 0. The van der Waals surface area contributed by atoms with Gasteiger partial charge in [-0.05, 0) is 49.7 Å². The van der Waals surface area contributed by atoms with E-state index in [9.17, 15) is 8.42 Å². The average Bonchev–Trinajstić information content (AvgIpc) is 2.59. The topological polar surface area (TPSA) is 40.6 Å². The van der Waals surface area contributed by atoms with Gasteiger partial charge in [-0.15, -0.1) is 12.4 Å². The van der Waals surface area contributed by atoms with Crippen molar-refractivity contribution in [1.82, 2.24) is 9.21 Å². The third-order valence-corrected chi connectivity index (χ3v) is 7.94. The first-order valence-corrected chi connectivity index (χ1v) is 10.5. The van der Waals surface area contributed by atoms with Crippen LogP contribution in [0.3, 0.4) is 0 Å². The zero-order valence-corrected chi connectivity index (χ0v) is 15.9. The van der Waals surface area contributed by atoms with Crippen LogP contribution in [0.25, 0.3) is 0 Å². The monoisotopic (exact) mass is 370 g/mol. The van der Waals surface area contributed by atoms with Crippen molar-refractivity contribution in [3.05, 3.63) is 35.4 Å². The quantitative estimate of drug-likeness (QED) is 0.803. The molecule has 0 aromatic heterocycles. The summed E-state index contributed by atoms with van der Waals surface area (Å²) in [6.07, 6.45) is 4.27. The summed E-state index contributed by atoms with van der Waals surface area (Å²) in [6, 6.07) is 9.31. The molecule has 0 spiro atoms. The van der Waals surface area contributed by atoms with Crippen molar-refractivity contribution < 1.29 is 8.42 Å². The smallest absolute Gasteiger partial charge is 0.214 e. The number of hydrogen-bond acceptors (Lipinski definition) is 3. The van der Waals surface area contributed by atoms with E-state index in [1.807, 2.05) is 4.31 Å². The van der Waals surface area contributed by atoms with Crippen molar-refractivity contribution in [3.8, 4) is 0 Å². The Kier molecular flexibility index (Phi) is 5.26. The Bertz CT molecular complexity index is 694. The fourth-order valence-corrected chi connectivity index (χ4v) is 6.27. The maximum absolute atomic E-state index is 12.5. The predicted molar refractivity (Wildman–Crippen MR) is 99.0 cm³/mol. The lowest BCUT2D eigenvalue weighted by molar-refractivity contribution is 0.0220. The third kappa shape index (κ3) is 3.00. The highest BCUT2D eigenvalue weighted by Crippen LogP contribution is 2.43. The summed E-state index contributed by atoms with van der Waals surface area (Å²) in [5.74, 6) is 0.730. The number of fused-ring (bicyclic) bond motifs is 4. The van der Waals surface area contributed by atoms with Crippen LogP contribution < -0.4 is 0 Å². The first kappa shape index (κ1) is 18.2. The molecule has 24 heavy (non-hydrogen) atoms. The Morgan fingerprint density at radius 2 is 2.00 bits per heavy atom. The summed E-state index contributed by atoms with van der Waals surface area (Å²) in [5.41, 5.74) is 2.88. The van der Waals surface area contributed by atoms with Gasteiger partial charge in [-0.3, -0.25) is 4.90 Å². The van der Waals surface area contributed by atoms with Gasteiger partial charge in [0.2, 0.25) is 10.0 Å². The van der Waals surface area contributed by atoms with Gasteiger partial charge in [-0.1, -0.05) is 24.3 Å². The van der Waals surface area contributed by atoms with E-state index in [1.165, 1.54) is 17.5 Å². The van der Waals surface area contributed by atoms with Crippen molar-refractivity contribution in [2.24, 2.45) is 5.92 Å². The molecule has 1 aromatic carbocycles. The molecule has 0 aliphatic carbocycles. The van der Waals surface area contributed by atoms with Gasteiger partial charge in [0.1, 0.15) is 0 Å². The number of sulfonamides is 1. The maximum Gasteiger partial charge on any atom is 0.214 e. The molecule has 0 radical (unpaired) electrons. The Morgan fingerprint density at radius 1 is 1.21 bits per heavy atom. The molecule has 3 heterocycles. The molecule has 4 rings (SSSR count). The number of halogens is 1. The van der Waals surface area contributed by atoms with Crippen LogP contribution in [0, 0.1) is 5.92 Å². The van der Waals surface area contributed by atoms with Crippen LogP contribution in [0.4, 0.5) is 0 Å². The van der Waals surface area contributed by atoms with Crippen molar-refractivity contribution >= 4 is 22.4 Å². The van der Waals surface area contributed by atoms with Crippen molar-refractivity contribution in [2.45, 2.75) is 44.7 Å². The second kappa shape index (κ2) is 6.94. The summed E-state index contributed by atoms with van der Waals surface area (Å²) in [7, 11) is -3.09. The highest BCUT2D eigenvalue weighted by molar-refractivity contribution is 7.89. The molecule has 0 saturated carbocycles. The molecule has 2 saturated heterocycles. The summed E-state index contributed by atoms with van der Waals surface area (Å²) in [4.78, 5) is 2.60. The maximum atomic E-state index is 12.5. The van der Waals surface area contributed by atoms with E-state index >= 15 is 0 Å². The fraction of sp³-hybridized carbons (Fsp3) is 0.667. The van der Waals surface area contributed by atoms with Crippen LogP contribution in [-0.4, -0.2) is 49.1 Å². The molecule has 0 N–H and O–H groups in total. The van der Waals surface area contributed by atoms with Gasteiger partial charge in [-0.25, -0.2) is 8.42 Å². The molecular weight excluding hydrogens is 344 g/mol. The van der Waals surface area contributed by atoms with Gasteiger partial charge in [0.05, 0.1) is 5.75 Å². The SMILES string of the molecule is CCS(=O)(=O)N1CCC[C@@H]2CN3CCc4ccccc4[C@@H]3C[C@@H]21.Cl. The second-order valence-corrected chi connectivity index (χ2v) is 9.39. The summed E-state index contributed by atoms with van der Waals surface area (Å²) >= 11 is 0. The molecule has 0 bridgehead atoms.